The Morgan fingerprint density at radius 2 is 1.93 bits per heavy atom. The number of ether oxygens (including phenoxy) is 1. The van der Waals surface area contributed by atoms with Gasteiger partial charge in [0.05, 0.1) is 19.7 Å². The van der Waals surface area contributed by atoms with Crippen LogP contribution in [-0.4, -0.2) is 48.4 Å². The maximum atomic E-state index is 13.5. The van der Waals surface area contributed by atoms with E-state index in [9.17, 15) is 9.59 Å². The molecule has 1 aromatic heterocycles. The van der Waals surface area contributed by atoms with Crippen LogP contribution in [0.25, 0.3) is 0 Å². The van der Waals surface area contributed by atoms with E-state index in [1.165, 1.54) is 10.4 Å². The van der Waals surface area contributed by atoms with E-state index >= 15 is 0 Å². The first-order valence-corrected chi connectivity index (χ1v) is 11.6. The number of hydrogen-bond donors (Lipinski definition) is 0. The van der Waals surface area contributed by atoms with Gasteiger partial charge in [0, 0.05) is 23.9 Å². The van der Waals surface area contributed by atoms with E-state index in [0.717, 1.165) is 30.6 Å². The van der Waals surface area contributed by atoms with Crippen LogP contribution < -0.4 is 4.74 Å². The number of thiophene rings is 1. The molecule has 1 fully saturated rings. The highest BCUT2D eigenvalue weighted by molar-refractivity contribution is 7.10. The zero-order chi connectivity index (χ0) is 21.3. The van der Waals surface area contributed by atoms with Gasteiger partial charge in [-0.25, -0.2) is 0 Å². The normalized spacial score (nSPS) is 18.3. The van der Waals surface area contributed by atoms with Crippen molar-refractivity contribution in [2.24, 2.45) is 11.8 Å². The standard InChI is InChI=1S/C24H30N2O3S/c1-16(2)14-25(24(28)18-4-5-18)15-22(27)26-12-10-21-20(11-13-30-21)23(26)17-6-8-19(29-3)9-7-17/h6-9,11,13,16,18,23H,4-5,10,12,14-15H2,1-3H3/t23-/m0/s1. The summed E-state index contributed by atoms with van der Waals surface area (Å²) >= 11 is 1.76. The van der Waals surface area contributed by atoms with Crippen LogP contribution in [0.3, 0.4) is 0 Å². The van der Waals surface area contributed by atoms with Crippen LogP contribution in [0.15, 0.2) is 35.7 Å². The molecule has 2 aromatic rings. The number of benzene rings is 1. The molecular weight excluding hydrogens is 396 g/mol. The van der Waals surface area contributed by atoms with Crippen LogP contribution >= 0.6 is 11.3 Å². The highest BCUT2D eigenvalue weighted by atomic mass is 32.1. The first-order chi connectivity index (χ1) is 14.5. The lowest BCUT2D eigenvalue weighted by Gasteiger charge is -2.38. The molecule has 0 spiro atoms. The second-order valence-corrected chi connectivity index (χ2v) is 9.70. The van der Waals surface area contributed by atoms with Crippen molar-refractivity contribution >= 4 is 23.2 Å². The summed E-state index contributed by atoms with van der Waals surface area (Å²) in [6.07, 6.45) is 2.78. The van der Waals surface area contributed by atoms with Crippen molar-refractivity contribution in [2.45, 2.75) is 39.2 Å². The molecule has 2 heterocycles. The Hall–Kier alpha value is -2.34. The summed E-state index contributed by atoms with van der Waals surface area (Å²) in [6.45, 7) is 5.66. The van der Waals surface area contributed by atoms with Crippen molar-refractivity contribution in [1.29, 1.82) is 0 Å². The Morgan fingerprint density at radius 1 is 1.20 bits per heavy atom. The van der Waals surface area contributed by atoms with Crippen molar-refractivity contribution < 1.29 is 14.3 Å². The smallest absolute Gasteiger partial charge is 0.242 e. The molecule has 1 aliphatic carbocycles. The fourth-order valence-corrected chi connectivity index (χ4v) is 5.15. The SMILES string of the molecule is COc1ccc([C@H]2c3ccsc3CCN2C(=O)CN(CC(C)C)C(=O)C2CC2)cc1. The third-order valence-corrected chi connectivity index (χ3v) is 6.86. The Labute approximate surface area is 182 Å². The molecule has 0 radical (unpaired) electrons. The highest BCUT2D eigenvalue weighted by Gasteiger charge is 2.37. The average Bonchev–Trinajstić information content (AvgIpc) is 3.48. The average molecular weight is 427 g/mol. The van der Waals surface area contributed by atoms with Crippen molar-refractivity contribution in [3.8, 4) is 5.75 Å². The lowest BCUT2D eigenvalue weighted by molar-refractivity contribution is -0.142. The van der Waals surface area contributed by atoms with Crippen LogP contribution in [-0.2, 0) is 16.0 Å². The largest absolute Gasteiger partial charge is 0.497 e. The topological polar surface area (TPSA) is 49.9 Å². The summed E-state index contributed by atoms with van der Waals surface area (Å²) in [5.74, 6) is 1.44. The van der Waals surface area contributed by atoms with Gasteiger partial charge >= 0.3 is 0 Å². The molecule has 0 N–H and O–H groups in total. The van der Waals surface area contributed by atoms with Gasteiger partial charge in [-0.1, -0.05) is 26.0 Å². The van der Waals surface area contributed by atoms with E-state index in [-0.39, 0.29) is 30.3 Å². The summed E-state index contributed by atoms with van der Waals surface area (Å²) < 4.78 is 5.31. The van der Waals surface area contributed by atoms with Crippen LogP contribution in [0.5, 0.6) is 5.75 Å². The highest BCUT2D eigenvalue weighted by Crippen LogP contribution is 2.38. The monoisotopic (exact) mass is 426 g/mol. The lowest BCUT2D eigenvalue weighted by Crippen LogP contribution is -2.47. The molecule has 5 nitrogen and oxygen atoms in total. The molecule has 2 aliphatic rings. The summed E-state index contributed by atoms with van der Waals surface area (Å²) in [5, 5.41) is 2.11. The van der Waals surface area contributed by atoms with Crippen molar-refractivity contribution in [3.05, 3.63) is 51.7 Å². The summed E-state index contributed by atoms with van der Waals surface area (Å²) in [7, 11) is 1.66. The third-order valence-electron chi connectivity index (χ3n) is 5.87. The number of rotatable bonds is 7. The number of carbonyl (C=O) groups excluding carboxylic acids is 2. The van der Waals surface area contributed by atoms with Gasteiger partial charge in [-0.3, -0.25) is 9.59 Å². The van der Waals surface area contributed by atoms with Gasteiger partial charge < -0.3 is 14.5 Å². The predicted octanol–water partition coefficient (Wildman–Crippen LogP) is 4.13. The van der Waals surface area contributed by atoms with E-state index in [0.29, 0.717) is 19.0 Å². The molecule has 1 aliphatic heterocycles. The van der Waals surface area contributed by atoms with Crippen molar-refractivity contribution in [1.82, 2.24) is 9.80 Å². The minimum atomic E-state index is -0.115. The van der Waals surface area contributed by atoms with Crippen LogP contribution in [0.2, 0.25) is 0 Å². The number of nitrogens with zero attached hydrogens (tertiary/aromatic N) is 2. The Morgan fingerprint density at radius 3 is 2.57 bits per heavy atom. The second-order valence-electron chi connectivity index (χ2n) is 8.70. The molecule has 0 saturated heterocycles. The van der Waals surface area contributed by atoms with Gasteiger partial charge in [0.15, 0.2) is 0 Å². The number of methoxy groups -OCH3 is 1. The molecule has 0 bridgehead atoms. The van der Waals surface area contributed by atoms with E-state index in [1.54, 1.807) is 23.3 Å². The number of carbonyl (C=O) groups is 2. The maximum Gasteiger partial charge on any atom is 0.242 e. The fourth-order valence-electron chi connectivity index (χ4n) is 4.25. The van der Waals surface area contributed by atoms with E-state index in [4.69, 9.17) is 4.74 Å². The first-order valence-electron chi connectivity index (χ1n) is 10.8. The Balaban J connectivity index is 1.59. The molecular formula is C24H30N2O3S. The summed E-state index contributed by atoms with van der Waals surface area (Å²) in [5.41, 5.74) is 2.28. The molecule has 160 valence electrons. The fraction of sp³-hybridized carbons (Fsp3) is 0.500. The van der Waals surface area contributed by atoms with Crippen molar-refractivity contribution in [3.63, 3.8) is 0 Å². The number of amides is 2. The van der Waals surface area contributed by atoms with Gasteiger partial charge in [-0.15, -0.1) is 11.3 Å². The van der Waals surface area contributed by atoms with Gasteiger partial charge in [0.1, 0.15) is 5.75 Å². The molecule has 0 unspecified atom stereocenters. The Kier molecular flexibility index (Phi) is 6.14. The van der Waals surface area contributed by atoms with Crippen LogP contribution in [0.1, 0.15) is 48.7 Å². The molecule has 6 heteroatoms. The zero-order valence-electron chi connectivity index (χ0n) is 18.0. The maximum absolute atomic E-state index is 13.5. The van der Waals surface area contributed by atoms with Crippen molar-refractivity contribution in [2.75, 3.05) is 26.7 Å². The molecule has 4 rings (SSSR count). The van der Waals surface area contributed by atoms with Crippen LogP contribution in [0.4, 0.5) is 0 Å². The quantitative estimate of drug-likeness (QED) is 0.669. The van der Waals surface area contributed by atoms with Gasteiger partial charge in [0.2, 0.25) is 11.8 Å². The predicted molar refractivity (Wildman–Crippen MR) is 119 cm³/mol. The molecule has 2 amide bonds. The van der Waals surface area contributed by atoms with Gasteiger partial charge in [-0.05, 0) is 59.9 Å². The minimum absolute atomic E-state index is 0.0299. The molecule has 1 saturated carbocycles. The van der Waals surface area contributed by atoms with E-state index in [2.05, 4.69) is 25.3 Å². The lowest BCUT2D eigenvalue weighted by atomic mass is 9.93. The van der Waals surface area contributed by atoms with Crippen LogP contribution in [0, 0.1) is 11.8 Å². The Bertz CT molecular complexity index is 901. The van der Waals surface area contributed by atoms with Gasteiger partial charge in [-0.2, -0.15) is 0 Å². The molecule has 30 heavy (non-hydrogen) atoms. The van der Waals surface area contributed by atoms with E-state index < -0.39 is 0 Å². The summed E-state index contributed by atoms with van der Waals surface area (Å²) in [4.78, 5) is 31.4. The first kappa shape index (κ1) is 20.9. The summed E-state index contributed by atoms with van der Waals surface area (Å²) in [6, 6.07) is 9.99. The minimum Gasteiger partial charge on any atom is -0.497 e. The van der Waals surface area contributed by atoms with E-state index in [1.807, 2.05) is 29.2 Å². The second kappa shape index (κ2) is 8.80. The molecule has 1 aromatic carbocycles. The molecule has 1 atom stereocenters. The van der Waals surface area contributed by atoms with Gasteiger partial charge in [0.25, 0.3) is 0 Å². The zero-order valence-corrected chi connectivity index (χ0v) is 18.8. The number of hydrogen-bond acceptors (Lipinski definition) is 4. The number of fused-ring (bicyclic) bond motifs is 1. The third kappa shape index (κ3) is 4.38.